The Morgan fingerprint density at radius 2 is 2.07 bits per heavy atom. The van der Waals surface area contributed by atoms with Crippen LogP contribution < -0.4 is 0 Å². The lowest BCUT2D eigenvalue weighted by Gasteiger charge is -2.21. The number of aromatic nitrogens is 2. The first kappa shape index (κ1) is 18.2. The highest BCUT2D eigenvalue weighted by molar-refractivity contribution is 7.08. The minimum Gasteiger partial charge on any atom is -0.338 e. The van der Waals surface area contributed by atoms with E-state index in [2.05, 4.69) is 15.0 Å². The Hall–Kier alpha value is -2.22. The van der Waals surface area contributed by atoms with Crippen molar-refractivity contribution in [2.75, 3.05) is 26.2 Å². The summed E-state index contributed by atoms with van der Waals surface area (Å²) in [5.74, 6) is 1.21. The molecule has 6 nitrogen and oxygen atoms in total. The Morgan fingerprint density at radius 1 is 1.19 bits per heavy atom. The molecule has 0 spiro atoms. The van der Waals surface area contributed by atoms with Gasteiger partial charge in [0.25, 0.3) is 5.91 Å². The third kappa shape index (κ3) is 4.21. The van der Waals surface area contributed by atoms with E-state index in [-0.39, 0.29) is 5.91 Å². The van der Waals surface area contributed by atoms with E-state index in [9.17, 15) is 4.79 Å². The van der Waals surface area contributed by atoms with Gasteiger partial charge in [0.2, 0.25) is 11.7 Å². The fraction of sp³-hybridized carbons (Fsp3) is 0.316. The molecule has 0 saturated carbocycles. The number of hydrogen-bond acceptors (Lipinski definition) is 6. The SMILES string of the molecule is O=C(c1ccccc1Cl)N1CCCN(Cc2nc(-c3ccsc3)no2)CC1. The summed E-state index contributed by atoms with van der Waals surface area (Å²) in [6, 6.07) is 9.17. The highest BCUT2D eigenvalue weighted by atomic mass is 35.5. The van der Waals surface area contributed by atoms with Crippen LogP contribution in [-0.2, 0) is 6.54 Å². The van der Waals surface area contributed by atoms with Crippen LogP contribution in [0.4, 0.5) is 0 Å². The largest absolute Gasteiger partial charge is 0.338 e. The van der Waals surface area contributed by atoms with Crippen molar-refractivity contribution in [3.63, 3.8) is 0 Å². The van der Waals surface area contributed by atoms with Crippen molar-refractivity contribution in [3.05, 3.63) is 57.6 Å². The van der Waals surface area contributed by atoms with Crippen LogP contribution in [0.5, 0.6) is 0 Å². The molecule has 27 heavy (non-hydrogen) atoms. The molecule has 1 saturated heterocycles. The highest BCUT2D eigenvalue weighted by Crippen LogP contribution is 2.20. The number of carbonyl (C=O) groups excluding carboxylic acids is 1. The molecule has 4 rings (SSSR count). The first-order valence-electron chi connectivity index (χ1n) is 8.82. The smallest absolute Gasteiger partial charge is 0.255 e. The predicted octanol–water partition coefficient (Wildman–Crippen LogP) is 3.80. The molecule has 140 valence electrons. The first-order chi connectivity index (χ1) is 13.2. The van der Waals surface area contributed by atoms with Crippen molar-refractivity contribution < 1.29 is 9.32 Å². The van der Waals surface area contributed by atoms with Crippen molar-refractivity contribution >= 4 is 28.8 Å². The quantitative estimate of drug-likeness (QED) is 0.664. The van der Waals surface area contributed by atoms with Crippen molar-refractivity contribution in [1.29, 1.82) is 0 Å². The van der Waals surface area contributed by atoms with Gasteiger partial charge in [0.1, 0.15) is 0 Å². The lowest BCUT2D eigenvalue weighted by atomic mass is 10.2. The van der Waals surface area contributed by atoms with Crippen LogP contribution in [0, 0.1) is 0 Å². The van der Waals surface area contributed by atoms with E-state index in [1.54, 1.807) is 23.5 Å². The molecule has 0 bridgehead atoms. The zero-order chi connectivity index (χ0) is 18.6. The Labute approximate surface area is 166 Å². The average molecular weight is 403 g/mol. The number of nitrogens with zero attached hydrogens (tertiary/aromatic N) is 4. The summed E-state index contributed by atoms with van der Waals surface area (Å²) in [5, 5.41) is 8.54. The van der Waals surface area contributed by atoms with E-state index in [0.717, 1.165) is 25.1 Å². The van der Waals surface area contributed by atoms with Gasteiger partial charge in [-0.05, 0) is 30.0 Å². The van der Waals surface area contributed by atoms with Gasteiger partial charge in [-0.3, -0.25) is 9.69 Å². The Kier molecular flexibility index (Phi) is 5.52. The van der Waals surface area contributed by atoms with Crippen molar-refractivity contribution in [3.8, 4) is 11.4 Å². The maximum absolute atomic E-state index is 12.8. The molecular weight excluding hydrogens is 384 g/mol. The monoisotopic (exact) mass is 402 g/mol. The third-order valence-electron chi connectivity index (χ3n) is 4.59. The van der Waals surface area contributed by atoms with Crippen LogP contribution in [0.3, 0.4) is 0 Å². The zero-order valence-corrected chi connectivity index (χ0v) is 16.2. The summed E-state index contributed by atoms with van der Waals surface area (Å²) in [7, 11) is 0. The second-order valence-electron chi connectivity index (χ2n) is 6.43. The summed E-state index contributed by atoms with van der Waals surface area (Å²) < 4.78 is 5.40. The van der Waals surface area contributed by atoms with Gasteiger partial charge >= 0.3 is 0 Å². The molecule has 0 unspecified atom stereocenters. The Morgan fingerprint density at radius 3 is 2.89 bits per heavy atom. The van der Waals surface area contributed by atoms with Gasteiger partial charge in [-0.25, -0.2) is 0 Å². The fourth-order valence-electron chi connectivity index (χ4n) is 3.16. The van der Waals surface area contributed by atoms with E-state index < -0.39 is 0 Å². The lowest BCUT2D eigenvalue weighted by molar-refractivity contribution is 0.0760. The number of amides is 1. The van der Waals surface area contributed by atoms with Gasteiger partial charge in [0.05, 0.1) is 17.1 Å². The molecular formula is C19H19ClN4O2S. The van der Waals surface area contributed by atoms with Crippen LogP contribution in [0.2, 0.25) is 5.02 Å². The lowest BCUT2D eigenvalue weighted by Crippen LogP contribution is -2.35. The number of thiophene rings is 1. The van der Waals surface area contributed by atoms with E-state index in [4.69, 9.17) is 16.1 Å². The summed E-state index contributed by atoms with van der Waals surface area (Å²) in [6.07, 6.45) is 0.891. The van der Waals surface area contributed by atoms with Gasteiger partial charge in [-0.2, -0.15) is 16.3 Å². The van der Waals surface area contributed by atoms with E-state index in [1.807, 2.05) is 33.9 Å². The van der Waals surface area contributed by atoms with E-state index in [0.29, 0.717) is 41.9 Å². The summed E-state index contributed by atoms with van der Waals surface area (Å²) in [6.45, 7) is 3.58. The van der Waals surface area contributed by atoms with Crippen LogP contribution in [-0.4, -0.2) is 52.0 Å². The zero-order valence-electron chi connectivity index (χ0n) is 14.7. The number of halogens is 1. The molecule has 0 N–H and O–H groups in total. The number of benzene rings is 1. The number of hydrogen-bond donors (Lipinski definition) is 0. The van der Waals surface area contributed by atoms with Gasteiger partial charge < -0.3 is 9.42 Å². The maximum atomic E-state index is 12.8. The fourth-order valence-corrected chi connectivity index (χ4v) is 4.01. The second kappa shape index (κ2) is 8.21. The van der Waals surface area contributed by atoms with Crippen molar-refractivity contribution in [2.24, 2.45) is 0 Å². The van der Waals surface area contributed by atoms with E-state index >= 15 is 0 Å². The van der Waals surface area contributed by atoms with Gasteiger partial charge in [0.15, 0.2) is 0 Å². The van der Waals surface area contributed by atoms with Crippen LogP contribution in [0.15, 0.2) is 45.6 Å². The molecule has 3 aromatic rings. The number of carbonyl (C=O) groups is 1. The molecule has 3 heterocycles. The van der Waals surface area contributed by atoms with Crippen molar-refractivity contribution in [2.45, 2.75) is 13.0 Å². The van der Waals surface area contributed by atoms with Gasteiger partial charge in [-0.15, -0.1) is 0 Å². The van der Waals surface area contributed by atoms with Crippen LogP contribution in [0.25, 0.3) is 11.4 Å². The molecule has 1 aromatic carbocycles. The normalized spacial score (nSPS) is 15.7. The molecule has 1 fully saturated rings. The van der Waals surface area contributed by atoms with Gasteiger partial charge in [0, 0.05) is 37.1 Å². The maximum Gasteiger partial charge on any atom is 0.255 e. The highest BCUT2D eigenvalue weighted by Gasteiger charge is 2.23. The van der Waals surface area contributed by atoms with Crippen molar-refractivity contribution in [1.82, 2.24) is 19.9 Å². The molecule has 0 radical (unpaired) electrons. The molecule has 0 atom stereocenters. The minimum absolute atomic E-state index is 0.0139. The molecule has 0 aliphatic carbocycles. The average Bonchev–Trinajstić information content (AvgIpc) is 3.30. The van der Waals surface area contributed by atoms with Gasteiger partial charge in [-0.1, -0.05) is 28.9 Å². The molecule has 2 aromatic heterocycles. The number of rotatable bonds is 4. The third-order valence-corrected chi connectivity index (χ3v) is 5.60. The summed E-state index contributed by atoms with van der Waals surface area (Å²) in [4.78, 5) is 21.3. The topological polar surface area (TPSA) is 62.5 Å². The Balaban J connectivity index is 1.37. The summed E-state index contributed by atoms with van der Waals surface area (Å²) >= 11 is 7.78. The first-order valence-corrected chi connectivity index (χ1v) is 10.1. The molecule has 8 heteroatoms. The molecule has 1 aliphatic heterocycles. The van der Waals surface area contributed by atoms with E-state index in [1.165, 1.54) is 0 Å². The summed E-state index contributed by atoms with van der Waals surface area (Å²) in [5.41, 5.74) is 1.53. The Bertz CT molecular complexity index is 912. The standard InChI is InChI=1S/C19H19ClN4O2S/c20-16-5-2-1-4-15(16)19(25)24-8-3-7-23(9-10-24)12-17-21-18(22-26-17)14-6-11-27-13-14/h1-2,4-6,11,13H,3,7-10,12H2. The minimum atomic E-state index is -0.0139. The van der Waals surface area contributed by atoms with Crippen LogP contribution >= 0.6 is 22.9 Å². The van der Waals surface area contributed by atoms with Crippen LogP contribution in [0.1, 0.15) is 22.7 Å². The second-order valence-corrected chi connectivity index (χ2v) is 7.61. The molecule has 1 amide bonds. The predicted molar refractivity (Wildman–Crippen MR) is 105 cm³/mol. The molecule has 1 aliphatic rings.